The fourth-order valence-corrected chi connectivity index (χ4v) is 1.44. The third-order valence-electron chi connectivity index (χ3n) is 2.24. The molecule has 0 aromatic heterocycles. The molecule has 1 aliphatic rings. The van der Waals surface area contributed by atoms with Crippen molar-refractivity contribution in [2.45, 2.75) is 6.29 Å². The van der Waals surface area contributed by atoms with Gasteiger partial charge in [-0.15, -0.1) is 0 Å². The lowest BCUT2D eigenvalue weighted by atomic mass is 10.2. The molecule has 0 bridgehead atoms. The Labute approximate surface area is 93.3 Å². The summed E-state index contributed by atoms with van der Waals surface area (Å²) in [6.45, 7) is 1.24. The number of carbonyl (C=O) groups is 1. The summed E-state index contributed by atoms with van der Waals surface area (Å²) in [6.07, 6.45) is -0.770. The molecule has 0 saturated carbocycles. The van der Waals surface area contributed by atoms with Crippen molar-refractivity contribution in [3.63, 3.8) is 0 Å². The van der Waals surface area contributed by atoms with Crippen LogP contribution in [0.1, 0.15) is 11.9 Å². The molecule has 1 aliphatic heterocycles. The van der Waals surface area contributed by atoms with Crippen molar-refractivity contribution in [1.82, 2.24) is 0 Å². The summed E-state index contributed by atoms with van der Waals surface area (Å²) in [7, 11) is 1.32. The van der Waals surface area contributed by atoms with Crippen LogP contribution in [0.15, 0.2) is 24.3 Å². The highest BCUT2D eigenvalue weighted by molar-refractivity contribution is 5.84. The van der Waals surface area contributed by atoms with Gasteiger partial charge in [0.15, 0.2) is 6.29 Å². The topological polar surface area (TPSA) is 56.8 Å². The highest BCUT2D eigenvalue weighted by Gasteiger charge is 2.17. The summed E-state index contributed by atoms with van der Waals surface area (Å²) in [5.41, 5.74) is 1.61. The van der Waals surface area contributed by atoms with Gasteiger partial charge in [-0.05, 0) is 12.1 Å². The SMILES string of the molecule is COC(=O)Nc1ccc(C2OCCO2)cc1. The van der Waals surface area contributed by atoms with Crippen LogP contribution in [0.4, 0.5) is 10.5 Å². The van der Waals surface area contributed by atoms with Gasteiger partial charge in [0.1, 0.15) is 0 Å². The Morgan fingerprint density at radius 2 is 1.94 bits per heavy atom. The molecule has 86 valence electrons. The molecule has 1 fully saturated rings. The Balaban J connectivity index is 2.01. The molecule has 0 aliphatic carbocycles. The maximum Gasteiger partial charge on any atom is 0.411 e. The summed E-state index contributed by atoms with van der Waals surface area (Å²) in [5.74, 6) is 0. The number of hydrogen-bond acceptors (Lipinski definition) is 4. The van der Waals surface area contributed by atoms with E-state index in [1.54, 1.807) is 12.1 Å². The van der Waals surface area contributed by atoms with Crippen LogP contribution in [0.3, 0.4) is 0 Å². The van der Waals surface area contributed by atoms with E-state index in [-0.39, 0.29) is 6.29 Å². The zero-order chi connectivity index (χ0) is 11.4. The molecule has 1 amide bonds. The van der Waals surface area contributed by atoms with E-state index < -0.39 is 6.09 Å². The molecule has 1 aromatic rings. The molecule has 1 saturated heterocycles. The third-order valence-corrected chi connectivity index (χ3v) is 2.24. The van der Waals surface area contributed by atoms with Gasteiger partial charge in [0.2, 0.25) is 0 Å². The van der Waals surface area contributed by atoms with Crippen molar-refractivity contribution in [1.29, 1.82) is 0 Å². The van der Waals surface area contributed by atoms with E-state index in [2.05, 4.69) is 10.1 Å². The molecule has 16 heavy (non-hydrogen) atoms. The van der Waals surface area contributed by atoms with Crippen LogP contribution in [0.2, 0.25) is 0 Å². The lowest BCUT2D eigenvalue weighted by molar-refractivity contribution is -0.0441. The smallest absolute Gasteiger partial charge is 0.411 e. The van der Waals surface area contributed by atoms with E-state index in [1.165, 1.54) is 7.11 Å². The zero-order valence-corrected chi connectivity index (χ0v) is 8.93. The van der Waals surface area contributed by atoms with Gasteiger partial charge in [0.25, 0.3) is 0 Å². The molecular weight excluding hydrogens is 210 g/mol. The second-order valence-electron chi connectivity index (χ2n) is 3.31. The minimum Gasteiger partial charge on any atom is -0.453 e. The first kappa shape index (κ1) is 10.9. The quantitative estimate of drug-likeness (QED) is 0.832. The summed E-state index contributed by atoms with van der Waals surface area (Å²) in [6, 6.07) is 7.25. The number of carbonyl (C=O) groups excluding carboxylic acids is 1. The summed E-state index contributed by atoms with van der Waals surface area (Å²) in [4.78, 5) is 10.9. The van der Waals surface area contributed by atoms with Crippen LogP contribution in [0, 0.1) is 0 Å². The molecule has 0 unspecified atom stereocenters. The highest BCUT2D eigenvalue weighted by Crippen LogP contribution is 2.24. The van der Waals surface area contributed by atoms with Gasteiger partial charge in [0.05, 0.1) is 20.3 Å². The van der Waals surface area contributed by atoms with E-state index in [0.717, 1.165) is 5.56 Å². The van der Waals surface area contributed by atoms with Crippen LogP contribution in [0.25, 0.3) is 0 Å². The number of amides is 1. The Morgan fingerprint density at radius 3 is 2.50 bits per heavy atom. The first-order chi connectivity index (χ1) is 7.79. The number of ether oxygens (including phenoxy) is 3. The Hall–Kier alpha value is -1.59. The zero-order valence-electron chi connectivity index (χ0n) is 8.93. The first-order valence-electron chi connectivity index (χ1n) is 4.98. The third kappa shape index (κ3) is 2.50. The molecule has 2 rings (SSSR count). The van der Waals surface area contributed by atoms with E-state index in [4.69, 9.17) is 9.47 Å². The number of rotatable bonds is 2. The van der Waals surface area contributed by atoms with Crippen molar-refractivity contribution < 1.29 is 19.0 Å². The minimum atomic E-state index is -0.485. The number of benzene rings is 1. The highest BCUT2D eigenvalue weighted by atomic mass is 16.7. The van der Waals surface area contributed by atoms with Crippen LogP contribution < -0.4 is 5.32 Å². The van der Waals surface area contributed by atoms with E-state index in [1.807, 2.05) is 12.1 Å². The Morgan fingerprint density at radius 1 is 1.31 bits per heavy atom. The van der Waals surface area contributed by atoms with Crippen molar-refractivity contribution in [3.05, 3.63) is 29.8 Å². The van der Waals surface area contributed by atoms with E-state index >= 15 is 0 Å². The van der Waals surface area contributed by atoms with Crippen molar-refractivity contribution in [2.24, 2.45) is 0 Å². The average Bonchev–Trinajstić information content (AvgIpc) is 2.83. The fraction of sp³-hybridized carbons (Fsp3) is 0.364. The molecule has 0 radical (unpaired) electrons. The maximum atomic E-state index is 10.9. The molecule has 1 aromatic carbocycles. The molecule has 5 nitrogen and oxygen atoms in total. The number of nitrogens with one attached hydrogen (secondary N) is 1. The lowest BCUT2D eigenvalue weighted by Gasteiger charge is -2.10. The lowest BCUT2D eigenvalue weighted by Crippen LogP contribution is -2.10. The second kappa shape index (κ2) is 4.96. The van der Waals surface area contributed by atoms with Crippen LogP contribution in [0.5, 0.6) is 0 Å². The summed E-state index contributed by atoms with van der Waals surface area (Å²) < 4.78 is 15.2. The van der Waals surface area contributed by atoms with Gasteiger partial charge in [-0.1, -0.05) is 12.1 Å². The molecule has 0 atom stereocenters. The van der Waals surface area contributed by atoms with Crippen molar-refractivity contribution in [3.8, 4) is 0 Å². The molecule has 5 heteroatoms. The van der Waals surface area contributed by atoms with E-state index in [0.29, 0.717) is 18.9 Å². The number of anilines is 1. The molecule has 1 N–H and O–H groups in total. The predicted octanol–water partition coefficient (Wildman–Crippen LogP) is 1.91. The van der Waals surface area contributed by atoms with E-state index in [9.17, 15) is 4.79 Å². The van der Waals surface area contributed by atoms with Crippen LogP contribution in [-0.2, 0) is 14.2 Å². The van der Waals surface area contributed by atoms with Gasteiger partial charge < -0.3 is 14.2 Å². The van der Waals surface area contributed by atoms with Gasteiger partial charge in [-0.25, -0.2) is 4.79 Å². The van der Waals surface area contributed by atoms with Crippen molar-refractivity contribution in [2.75, 3.05) is 25.6 Å². The van der Waals surface area contributed by atoms with Crippen molar-refractivity contribution >= 4 is 11.8 Å². The van der Waals surface area contributed by atoms with Gasteiger partial charge in [-0.2, -0.15) is 0 Å². The minimum absolute atomic E-state index is 0.285. The molecule has 1 heterocycles. The average molecular weight is 223 g/mol. The summed E-state index contributed by atoms with van der Waals surface area (Å²) in [5, 5.41) is 2.57. The van der Waals surface area contributed by atoms with Crippen LogP contribution in [-0.4, -0.2) is 26.4 Å². The molecular formula is C11H13NO4. The Bertz CT molecular complexity index is 357. The normalized spacial score (nSPS) is 16.1. The van der Waals surface area contributed by atoms with Gasteiger partial charge >= 0.3 is 6.09 Å². The summed E-state index contributed by atoms with van der Waals surface area (Å²) >= 11 is 0. The largest absolute Gasteiger partial charge is 0.453 e. The van der Waals surface area contributed by atoms with Gasteiger partial charge in [-0.3, -0.25) is 5.32 Å². The maximum absolute atomic E-state index is 10.9. The van der Waals surface area contributed by atoms with Gasteiger partial charge in [0, 0.05) is 11.3 Å². The number of methoxy groups -OCH3 is 1. The first-order valence-corrected chi connectivity index (χ1v) is 4.98. The number of hydrogen-bond donors (Lipinski definition) is 1. The molecule has 0 spiro atoms. The fourth-order valence-electron chi connectivity index (χ4n) is 1.44. The monoisotopic (exact) mass is 223 g/mol. The predicted molar refractivity (Wildman–Crippen MR) is 57.1 cm³/mol. The second-order valence-corrected chi connectivity index (χ2v) is 3.31. The standard InChI is InChI=1S/C11H13NO4/c1-14-11(13)12-9-4-2-8(3-5-9)10-15-6-7-16-10/h2-5,10H,6-7H2,1H3,(H,12,13). The van der Waals surface area contributed by atoms with Crippen LogP contribution >= 0.6 is 0 Å². The Kier molecular flexibility index (Phi) is 3.38.